The normalized spacial score (nSPS) is 11.3. The molecule has 0 saturated carbocycles. The molecule has 0 spiro atoms. The Kier molecular flexibility index (Phi) is 3.45. The third-order valence-corrected chi connectivity index (χ3v) is 5.02. The Balaban J connectivity index is 2.54. The Morgan fingerprint density at radius 1 is 0.812 bits per heavy atom. The fourth-order valence-corrected chi connectivity index (χ4v) is 3.54. The number of hydrogen-bond donors (Lipinski definition) is 0. The quantitative estimate of drug-likeness (QED) is 0.785. The first-order chi connectivity index (χ1) is 7.77. The molecule has 0 aromatic heterocycles. The van der Waals surface area contributed by atoms with Gasteiger partial charge in [-0.1, -0.05) is 36.4 Å². The van der Waals surface area contributed by atoms with Crippen LogP contribution >= 0.6 is 19.2 Å². The minimum absolute atomic E-state index is 0.594. The van der Waals surface area contributed by atoms with Gasteiger partial charge in [0, 0.05) is 10.6 Å². The standard InChI is InChI=1S/C12H10ClO2P/c13-15-16(14,11-7-3-1-4-8-11)12-9-5-2-6-10-12/h1-10H. The predicted octanol–water partition coefficient (Wildman–Crippen LogP) is 3.09. The monoisotopic (exact) mass is 252 g/mol. The van der Waals surface area contributed by atoms with Crippen molar-refractivity contribution in [1.82, 2.24) is 0 Å². The summed E-state index contributed by atoms with van der Waals surface area (Å²) in [7, 11) is -3.14. The van der Waals surface area contributed by atoms with E-state index in [9.17, 15) is 4.57 Å². The predicted molar refractivity (Wildman–Crippen MR) is 66.7 cm³/mol. The highest BCUT2D eigenvalue weighted by Gasteiger charge is 2.27. The molecule has 0 aliphatic heterocycles. The molecule has 0 aliphatic rings. The SMILES string of the molecule is O=P(OCl)(c1ccccc1)c1ccccc1. The van der Waals surface area contributed by atoms with Crippen molar-refractivity contribution < 1.29 is 8.64 Å². The van der Waals surface area contributed by atoms with Crippen molar-refractivity contribution in [3.63, 3.8) is 0 Å². The molecule has 16 heavy (non-hydrogen) atoms. The van der Waals surface area contributed by atoms with E-state index in [2.05, 4.69) is 0 Å². The van der Waals surface area contributed by atoms with Crippen LogP contribution in [0.1, 0.15) is 0 Å². The summed E-state index contributed by atoms with van der Waals surface area (Å²) in [5.41, 5.74) is 0. The van der Waals surface area contributed by atoms with Gasteiger partial charge in [0.2, 0.25) is 0 Å². The van der Waals surface area contributed by atoms with E-state index in [1.807, 2.05) is 12.1 Å². The second kappa shape index (κ2) is 4.84. The Labute approximate surface area is 99.5 Å². The molecule has 0 heterocycles. The van der Waals surface area contributed by atoms with Gasteiger partial charge in [-0.3, -0.25) is 4.57 Å². The van der Waals surface area contributed by atoms with Crippen LogP contribution in [0.25, 0.3) is 0 Å². The second-order valence-corrected chi connectivity index (χ2v) is 5.98. The number of halogens is 1. The lowest BCUT2D eigenvalue weighted by molar-refractivity contribution is 0.524. The summed E-state index contributed by atoms with van der Waals surface area (Å²) in [4.78, 5) is 0. The molecule has 0 amide bonds. The molecule has 2 aromatic carbocycles. The van der Waals surface area contributed by atoms with Crippen molar-refractivity contribution in [2.24, 2.45) is 0 Å². The third-order valence-electron chi connectivity index (χ3n) is 2.29. The fraction of sp³-hybridized carbons (Fsp3) is 0. The van der Waals surface area contributed by atoms with E-state index >= 15 is 0 Å². The van der Waals surface area contributed by atoms with Crippen LogP contribution in [0.4, 0.5) is 0 Å². The van der Waals surface area contributed by atoms with Crippen LogP contribution in [-0.2, 0) is 8.64 Å². The van der Waals surface area contributed by atoms with Gasteiger partial charge in [-0.15, -0.1) is 0 Å². The van der Waals surface area contributed by atoms with Gasteiger partial charge < -0.3 is 0 Å². The first kappa shape index (κ1) is 11.4. The summed E-state index contributed by atoms with van der Waals surface area (Å²) in [6.07, 6.45) is 0. The molecule has 0 saturated heterocycles. The van der Waals surface area contributed by atoms with Crippen molar-refractivity contribution in [3.8, 4) is 0 Å². The molecule has 2 rings (SSSR count). The molecular weight excluding hydrogens is 243 g/mol. The smallest absolute Gasteiger partial charge is 0.277 e. The maximum Gasteiger partial charge on any atom is 0.277 e. The van der Waals surface area contributed by atoms with E-state index in [-0.39, 0.29) is 0 Å². The molecule has 0 N–H and O–H groups in total. The first-order valence-electron chi connectivity index (χ1n) is 4.79. The second-order valence-electron chi connectivity index (χ2n) is 3.29. The summed E-state index contributed by atoms with van der Waals surface area (Å²) in [5, 5.41) is 1.19. The first-order valence-corrected chi connectivity index (χ1v) is 6.72. The molecule has 0 radical (unpaired) electrons. The Hall–Kier alpha value is -1.08. The molecule has 82 valence electrons. The molecule has 2 aromatic rings. The van der Waals surface area contributed by atoms with Gasteiger partial charge in [-0.2, -0.15) is 0 Å². The van der Waals surface area contributed by atoms with Gasteiger partial charge in [0.15, 0.2) is 0 Å². The fourth-order valence-electron chi connectivity index (χ4n) is 1.48. The summed E-state index contributed by atoms with van der Waals surface area (Å²) in [6, 6.07) is 17.9. The maximum absolute atomic E-state index is 12.6. The Morgan fingerprint density at radius 2 is 1.19 bits per heavy atom. The zero-order valence-corrected chi connectivity index (χ0v) is 10.1. The van der Waals surface area contributed by atoms with Crippen LogP contribution < -0.4 is 10.6 Å². The molecule has 0 aliphatic carbocycles. The van der Waals surface area contributed by atoms with Crippen molar-refractivity contribution in [1.29, 1.82) is 0 Å². The van der Waals surface area contributed by atoms with Crippen molar-refractivity contribution in [2.75, 3.05) is 0 Å². The van der Waals surface area contributed by atoms with Crippen LogP contribution in [0.3, 0.4) is 0 Å². The highest BCUT2D eigenvalue weighted by Crippen LogP contribution is 2.45. The van der Waals surface area contributed by atoms with Crippen LogP contribution in [-0.4, -0.2) is 0 Å². The molecular formula is C12H10ClO2P. The number of rotatable bonds is 3. The van der Waals surface area contributed by atoms with E-state index in [4.69, 9.17) is 15.9 Å². The van der Waals surface area contributed by atoms with Gasteiger partial charge in [0.1, 0.15) is 0 Å². The lowest BCUT2D eigenvalue weighted by Gasteiger charge is -2.14. The van der Waals surface area contributed by atoms with Crippen LogP contribution in [0.2, 0.25) is 0 Å². The molecule has 0 atom stereocenters. The van der Waals surface area contributed by atoms with E-state index in [1.54, 1.807) is 48.5 Å². The average molecular weight is 253 g/mol. The van der Waals surface area contributed by atoms with Gasteiger partial charge in [0.25, 0.3) is 7.37 Å². The van der Waals surface area contributed by atoms with Gasteiger partial charge in [-0.25, -0.2) is 4.08 Å². The molecule has 2 nitrogen and oxygen atoms in total. The topological polar surface area (TPSA) is 26.3 Å². The largest absolute Gasteiger partial charge is 0.281 e. The number of benzene rings is 2. The van der Waals surface area contributed by atoms with Gasteiger partial charge in [0.05, 0.1) is 11.9 Å². The van der Waals surface area contributed by atoms with Gasteiger partial charge in [-0.05, 0) is 24.3 Å². The van der Waals surface area contributed by atoms with Crippen molar-refractivity contribution in [3.05, 3.63) is 60.7 Å². The lowest BCUT2D eigenvalue weighted by atomic mass is 10.4. The Morgan fingerprint density at radius 3 is 1.50 bits per heavy atom. The minimum atomic E-state index is -3.14. The van der Waals surface area contributed by atoms with E-state index in [0.717, 1.165) is 0 Å². The summed E-state index contributed by atoms with van der Waals surface area (Å²) < 4.78 is 17.4. The highest BCUT2D eigenvalue weighted by molar-refractivity contribution is 7.75. The highest BCUT2D eigenvalue weighted by atomic mass is 35.5. The van der Waals surface area contributed by atoms with Crippen molar-refractivity contribution >= 4 is 29.8 Å². The zero-order valence-electron chi connectivity index (χ0n) is 8.42. The molecule has 0 unspecified atom stereocenters. The summed E-state index contributed by atoms with van der Waals surface area (Å²) >= 11 is 5.41. The Bertz CT molecular complexity index is 455. The maximum atomic E-state index is 12.6. The molecule has 4 heteroatoms. The van der Waals surface area contributed by atoms with Gasteiger partial charge >= 0.3 is 0 Å². The molecule has 0 fully saturated rings. The average Bonchev–Trinajstić information content (AvgIpc) is 2.40. The lowest BCUT2D eigenvalue weighted by Crippen LogP contribution is -2.15. The van der Waals surface area contributed by atoms with E-state index in [0.29, 0.717) is 10.6 Å². The summed E-state index contributed by atoms with van der Waals surface area (Å²) in [5.74, 6) is 0. The minimum Gasteiger partial charge on any atom is -0.281 e. The van der Waals surface area contributed by atoms with E-state index < -0.39 is 7.37 Å². The summed E-state index contributed by atoms with van der Waals surface area (Å²) in [6.45, 7) is 0. The number of hydrogen-bond acceptors (Lipinski definition) is 2. The van der Waals surface area contributed by atoms with E-state index in [1.165, 1.54) is 0 Å². The van der Waals surface area contributed by atoms with Crippen LogP contribution in [0.5, 0.6) is 0 Å². The molecule has 0 bridgehead atoms. The third kappa shape index (κ3) is 2.05. The van der Waals surface area contributed by atoms with Crippen LogP contribution in [0.15, 0.2) is 60.7 Å². The van der Waals surface area contributed by atoms with Crippen LogP contribution in [0, 0.1) is 0 Å². The zero-order chi connectivity index (χ0) is 11.4. The van der Waals surface area contributed by atoms with Crippen molar-refractivity contribution in [2.45, 2.75) is 0 Å².